The number of amides is 2. The molecule has 0 heterocycles. The first-order valence-electron chi connectivity index (χ1n) is 10.3. The third-order valence-corrected chi connectivity index (χ3v) is 5.57. The molecule has 1 atom stereocenters. The van der Waals surface area contributed by atoms with E-state index in [1.807, 2.05) is 24.3 Å². The van der Waals surface area contributed by atoms with E-state index in [2.05, 4.69) is 16.0 Å². The molecule has 0 unspecified atom stereocenters. The van der Waals surface area contributed by atoms with Gasteiger partial charge in [-0.1, -0.05) is 48.5 Å². The summed E-state index contributed by atoms with van der Waals surface area (Å²) in [6.45, 7) is 1.45. The highest BCUT2D eigenvalue weighted by Gasteiger charge is 2.45. The number of nitrogens with two attached hydrogens (primary N) is 1. The van der Waals surface area contributed by atoms with Crippen molar-refractivity contribution in [2.75, 3.05) is 6.54 Å². The number of carbonyl (C=O) groups excluding carboxylic acids is 2. The van der Waals surface area contributed by atoms with Crippen LogP contribution < -0.4 is 21.7 Å². The molecule has 0 radical (unpaired) electrons. The molecule has 9 nitrogen and oxygen atoms in total. The molecule has 1 aliphatic rings. The highest BCUT2D eigenvalue weighted by atomic mass is 35.5. The van der Waals surface area contributed by atoms with Crippen molar-refractivity contribution in [2.24, 2.45) is 5.73 Å². The molecule has 2 amide bonds. The second kappa shape index (κ2) is 12.4. The number of nitrogens with one attached hydrogen (secondary N) is 4. The van der Waals surface area contributed by atoms with Crippen LogP contribution in [0.1, 0.15) is 29.2 Å². The lowest BCUT2D eigenvalue weighted by molar-refractivity contribution is -0.137. The number of hydrogen-bond acceptors (Lipinski definition) is 5. The van der Waals surface area contributed by atoms with E-state index in [0.29, 0.717) is 18.4 Å². The predicted molar refractivity (Wildman–Crippen MR) is 134 cm³/mol. The Morgan fingerprint density at radius 1 is 1.06 bits per heavy atom. The fourth-order valence-electron chi connectivity index (χ4n) is 3.75. The van der Waals surface area contributed by atoms with Gasteiger partial charge in [0.15, 0.2) is 0 Å². The Morgan fingerprint density at radius 2 is 1.62 bits per heavy atom. The van der Waals surface area contributed by atoms with Gasteiger partial charge in [0.2, 0.25) is 11.8 Å². The second-order valence-electron chi connectivity index (χ2n) is 7.98. The van der Waals surface area contributed by atoms with Gasteiger partial charge in [0, 0.05) is 24.9 Å². The monoisotopic (exact) mass is 509 g/mol. The summed E-state index contributed by atoms with van der Waals surface area (Å²) >= 11 is 0. The lowest BCUT2D eigenvalue weighted by Crippen LogP contribution is -2.62. The number of hydrogen-bond donors (Lipinski definition) is 6. The number of aliphatic carboxylic acids is 1. The Morgan fingerprint density at radius 3 is 2.12 bits per heavy atom. The summed E-state index contributed by atoms with van der Waals surface area (Å²) in [6.07, 6.45) is 0.686. The van der Waals surface area contributed by atoms with Crippen molar-refractivity contribution in [3.05, 3.63) is 70.8 Å². The molecule has 2 aromatic carbocycles. The lowest BCUT2D eigenvalue weighted by Gasteiger charge is -2.30. The molecule has 2 aromatic rings. The van der Waals surface area contributed by atoms with Crippen LogP contribution in [0, 0.1) is 5.41 Å². The number of nitrogen functional groups attached to an aromatic ring is 1. The maximum absolute atomic E-state index is 13.3. The van der Waals surface area contributed by atoms with Crippen LogP contribution in [-0.2, 0) is 33.8 Å². The van der Waals surface area contributed by atoms with Gasteiger partial charge in [-0.3, -0.25) is 25.1 Å². The predicted octanol–water partition coefficient (Wildman–Crippen LogP) is 1.15. The SMILES string of the molecule is C[C@@H](NCC(=O)O)C(=O)NC1(C(=O)NCc2ccc(C(=N)N)cc2)Cc2ccccc2C1.Cl.Cl. The average molecular weight is 510 g/mol. The van der Waals surface area contributed by atoms with Crippen LogP contribution in [0.15, 0.2) is 48.5 Å². The van der Waals surface area contributed by atoms with Gasteiger partial charge in [-0.05, 0) is 23.6 Å². The summed E-state index contributed by atoms with van der Waals surface area (Å²) in [6, 6.07) is 13.9. The fraction of sp³-hybridized carbons (Fsp3) is 0.304. The smallest absolute Gasteiger partial charge is 0.317 e. The average Bonchev–Trinajstić information content (AvgIpc) is 3.15. The van der Waals surface area contributed by atoms with Gasteiger partial charge < -0.3 is 21.5 Å². The molecule has 34 heavy (non-hydrogen) atoms. The van der Waals surface area contributed by atoms with Crippen LogP contribution in [0.2, 0.25) is 0 Å². The van der Waals surface area contributed by atoms with Crippen LogP contribution in [0.4, 0.5) is 0 Å². The van der Waals surface area contributed by atoms with Crippen LogP contribution >= 0.6 is 24.8 Å². The van der Waals surface area contributed by atoms with Crippen LogP contribution in [-0.4, -0.2) is 46.9 Å². The number of benzene rings is 2. The number of carboxylic acids is 1. The zero-order valence-corrected chi connectivity index (χ0v) is 20.2. The summed E-state index contributed by atoms with van der Waals surface area (Å²) in [5, 5.41) is 24.7. The Balaban J connectivity index is 0.00000289. The molecular weight excluding hydrogens is 481 g/mol. The van der Waals surface area contributed by atoms with E-state index >= 15 is 0 Å². The molecule has 0 saturated carbocycles. The summed E-state index contributed by atoms with van der Waals surface area (Å²) < 4.78 is 0. The summed E-state index contributed by atoms with van der Waals surface area (Å²) in [4.78, 5) is 36.9. The van der Waals surface area contributed by atoms with E-state index in [1.165, 1.54) is 0 Å². The van der Waals surface area contributed by atoms with Gasteiger partial charge in [0.1, 0.15) is 11.4 Å². The van der Waals surface area contributed by atoms with Crippen molar-refractivity contribution < 1.29 is 19.5 Å². The van der Waals surface area contributed by atoms with Crippen LogP contribution in [0.3, 0.4) is 0 Å². The highest BCUT2D eigenvalue weighted by molar-refractivity contribution is 5.95. The van der Waals surface area contributed by atoms with E-state index in [4.69, 9.17) is 16.2 Å². The topological polar surface area (TPSA) is 157 Å². The molecule has 11 heteroatoms. The van der Waals surface area contributed by atoms with Crippen molar-refractivity contribution in [1.82, 2.24) is 16.0 Å². The number of amidine groups is 1. The number of carboxylic acid groups (broad SMARTS) is 1. The molecular formula is C23H29Cl2N5O4. The summed E-state index contributed by atoms with van der Waals surface area (Å²) in [5.74, 6) is -1.86. The van der Waals surface area contributed by atoms with Gasteiger partial charge in [-0.25, -0.2) is 0 Å². The molecule has 0 aliphatic heterocycles. The van der Waals surface area contributed by atoms with Gasteiger partial charge in [0.05, 0.1) is 12.6 Å². The van der Waals surface area contributed by atoms with Crippen molar-refractivity contribution in [3.63, 3.8) is 0 Å². The Hall–Kier alpha value is -3.14. The first-order valence-corrected chi connectivity index (χ1v) is 10.3. The molecule has 0 fully saturated rings. The van der Waals surface area contributed by atoms with E-state index in [1.54, 1.807) is 31.2 Å². The zero-order valence-electron chi connectivity index (χ0n) is 18.6. The maximum atomic E-state index is 13.3. The minimum absolute atomic E-state index is 0. The van der Waals surface area contributed by atoms with E-state index < -0.39 is 23.5 Å². The standard InChI is InChI=1S/C23H27N5O4.2ClH/c1-14(26-13-19(29)30)21(31)28-23(10-17-4-2-3-5-18(17)11-23)22(32)27-12-15-6-8-16(9-7-15)20(24)25;;/h2-9,14,26H,10-13H2,1H3,(H3,24,25)(H,27,32)(H,28,31)(H,29,30);2*1H/t14-;;/m1../s1. The van der Waals surface area contributed by atoms with E-state index in [9.17, 15) is 14.4 Å². The summed E-state index contributed by atoms with van der Waals surface area (Å²) in [7, 11) is 0. The highest BCUT2D eigenvalue weighted by Crippen LogP contribution is 2.30. The van der Waals surface area contributed by atoms with E-state index in [0.717, 1.165) is 16.7 Å². The van der Waals surface area contributed by atoms with Gasteiger partial charge in [-0.2, -0.15) is 0 Å². The van der Waals surface area contributed by atoms with Gasteiger partial charge in [-0.15, -0.1) is 24.8 Å². The number of rotatable bonds is 9. The van der Waals surface area contributed by atoms with Crippen molar-refractivity contribution >= 4 is 48.4 Å². The van der Waals surface area contributed by atoms with Crippen LogP contribution in [0.5, 0.6) is 0 Å². The van der Waals surface area contributed by atoms with Crippen LogP contribution in [0.25, 0.3) is 0 Å². The molecule has 0 saturated heterocycles. The third-order valence-electron chi connectivity index (χ3n) is 5.57. The number of halogens is 2. The number of carbonyl (C=O) groups is 3. The Kier molecular flexibility index (Phi) is 10.5. The minimum atomic E-state index is -1.17. The third kappa shape index (κ3) is 6.93. The zero-order chi connectivity index (χ0) is 23.3. The van der Waals surface area contributed by atoms with Crippen molar-refractivity contribution in [2.45, 2.75) is 37.9 Å². The van der Waals surface area contributed by atoms with Gasteiger partial charge in [0.25, 0.3) is 0 Å². The maximum Gasteiger partial charge on any atom is 0.317 e. The van der Waals surface area contributed by atoms with E-state index in [-0.39, 0.29) is 49.6 Å². The normalized spacial score (nSPS) is 13.9. The molecule has 184 valence electrons. The Bertz CT molecular complexity index is 1020. The van der Waals surface area contributed by atoms with Crippen molar-refractivity contribution in [1.29, 1.82) is 5.41 Å². The first-order chi connectivity index (χ1) is 15.2. The Labute approximate surface area is 210 Å². The van der Waals surface area contributed by atoms with Crippen molar-refractivity contribution in [3.8, 4) is 0 Å². The molecule has 3 rings (SSSR count). The molecule has 0 aromatic heterocycles. The quantitative estimate of drug-likeness (QED) is 0.219. The minimum Gasteiger partial charge on any atom is -0.480 e. The summed E-state index contributed by atoms with van der Waals surface area (Å²) in [5.41, 5.74) is 7.70. The molecule has 7 N–H and O–H groups in total. The molecule has 1 aliphatic carbocycles. The fourth-order valence-corrected chi connectivity index (χ4v) is 3.75. The first kappa shape index (κ1) is 28.9. The number of fused-ring (bicyclic) bond motifs is 1. The lowest BCUT2D eigenvalue weighted by atomic mass is 9.93. The van der Waals surface area contributed by atoms with Gasteiger partial charge >= 0.3 is 5.97 Å². The largest absolute Gasteiger partial charge is 0.480 e. The molecule has 0 bridgehead atoms. The molecule has 0 spiro atoms. The second-order valence-corrected chi connectivity index (χ2v) is 7.98.